The average Bonchev–Trinajstić information content (AvgIpc) is 2.46. The molecule has 0 aliphatic carbocycles. The molecule has 0 fully saturated rings. The molecule has 0 saturated carbocycles. The fourth-order valence-corrected chi connectivity index (χ4v) is 2.22. The quantitative estimate of drug-likeness (QED) is 0.771. The number of carbonyl (C=O) groups excluding carboxylic acids is 2. The fourth-order valence-electron chi connectivity index (χ4n) is 1.53. The van der Waals surface area contributed by atoms with Crippen LogP contribution in [0.5, 0.6) is 0 Å². The van der Waals surface area contributed by atoms with E-state index >= 15 is 0 Å². The molecule has 0 radical (unpaired) electrons. The fraction of sp³-hybridized carbons (Fsp3) is 0.200. The predicted octanol–water partition coefficient (Wildman–Crippen LogP) is 2.41. The summed E-state index contributed by atoms with van der Waals surface area (Å²) in [4.78, 5) is 24.8. The lowest BCUT2D eigenvalue weighted by molar-refractivity contribution is 0.0389. The smallest absolute Gasteiger partial charge is 0.263 e. The van der Waals surface area contributed by atoms with E-state index in [0.29, 0.717) is 11.1 Å². The molecule has 2 amide bonds. The largest absolute Gasteiger partial charge is 0.364 e. The van der Waals surface area contributed by atoms with Crippen LogP contribution in [-0.2, 0) is 4.74 Å². The number of ether oxygens (including phenoxy) is 1. The number of hydrogen-bond acceptors (Lipinski definition) is 3. The Balaban J connectivity index is 2.51. The van der Waals surface area contributed by atoms with Gasteiger partial charge in [0, 0.05) is 16.1 Å². The van der Waals surface area contributed by atoms with Gasteiger partial charge in [-0.25, -0.2) is 0 Å². The number of rotatable bonds is 2. The molecule has 1 aliphatic heterocycles. The molecule has 0 spiro atoms. The van der Waals surface area contributed by atoms with Crippen molar-refractivity contribution in [3.63, 3.8) is 0 Å². The van der Waals surface area contributed by atoms with Crippen LogP contribution in [0.4, 0.5) is 0 Å². The number of benzene rings is 1. The van der Waals surface area contributed by atoms with Gasteiger partial charge >= 0.3 is 0 Å². The molecular weight excluding hydrogens is 342 g/mol. The normalized spacial score (nSPS) is 14.6. The van der Waals surface area contributed by atoms with Crippen molar-refractivity contribution in [1.29, 1.82) is 0 Å². The SMILES string of the molecule is COCN1C(=O)c2cc(Br)c(Br)cc2C1=O. The van der Waals surface area contributed by atoms with Crippen molar-refractivity contribution < 1.29 is 14.3 Å². The minimum absolute atomic E-state index is 0.0262. The molecule has 0 N–H and O–H groups in total. The first-order chi connectivity index (χ1) is 7.56. The van der Waals surface area contributed by atoms with E-state index in [1.165, 1.54) is 7.11 Å². The Morgan fingerprint density at radius 1 is 1.12 bits per heavy atom. The van der Waals surface area contributed by atoms with E-state index in [9.17, 15) is 9.59 Å². The summed E-state index contributed by atoms with van der Waals surface area (Å²) in [7, 11) is 1.44. The lowest BCUT2D eigenvalue weighted by Gasteiger charge is -2.11. The number of hydrogen-bond donors (Lipinski definition) is 0. The molecule has 0 aromatic heterocycles. The number of carbonyl (C=O) groups is 2. The van der Waals surface area contributed by atoms with E-state index in [4.69, 9.17) is 4.74 Å². The monoisotopic (exact) mass is 347 g/mol. The number of nitrogens with zero attached hydrogens (tertiary/aromatic N) is 1. The summed E-state index contributed by atoms with van der Waals surface area (Å²) in [5.74, 6) is -0.648. The Labute approximate surface area is 109 Å². The van der Waals surface area contributed by atoms with Gasteiger partial charge < -0.3 is 4.74 Å². The van der Waals surface area contributed by atoms with Gasteiger partial charge in [0.05, 0.1) is 11.1 Å². The van der Waals surface area contributed by atoms with Gasteiger partial charge in [-0.3, -0.25) is 14.5 Å². The molecule has 0 unspecified atom stereocenters. The van der Waals surface area contributed by atoms with Gasteiger partial charge in [-0.05, 0) is 44.0 Å². The standard InChI is InChI=1S/C10H7Br2NO3/c1-16-4-13-9(14)5-2-7(11)8(12)3-6(5)10(13)15/h2-3H,4H2,1H3. The highest BCUT2D eigenvalue weighted by Crippen LogP contribution is 2.31. The van der Waals surface area contributed by atoms with Crippen LogP contribution in [0.2, 0.25) is 0 Å². The summed E-state index contributed by atoms with van der Waals surface area (Å²) in [6.45, 7) is -0.0262. The molecule has 1 aromatic carbocycles. The maximum Gasteiger partial charge on any atom is 0.263 e. The maximum absolute atomic E-state index is 11.8. The molecule has 84 valence electrons. The highest BCUT2D eigenvalue weighted by Gasteiger charge is 2.35. The van der Waals surface area contributed by atoms with Crippen molar-refractivity contribution in [3.8, 4) is 0 Å². The molecular formula is C10H7Br2NO3. The topological polar surface area (TPSA) is 46.6 Å². The van der Waals surface area contributed by atoms with E-state index < -0.39 is 0 Å². The van der Waals surface area contributed by atoms with Crippen LogP contribution in [0.15, 0.2) is 21.1 Å². The Hall–Kier alpha value is -0.720. The highest BCUT2D eigenvalue weighted by atomic mass is 79.9. The highest BCUT2D eigenvalue weighted by molar-refractivity contribution is 9.13. The van der Waals surface area contributed by atoms with E-state index in [1.54, 1.807) is 12.1 Å². The van der Waals surface area contributed by atoms with Crippen LogP contribution >= 0.6 is 31.9 Å². The molecule has 1 aromatic rings. The summed E-state index contributed by atoms with van der Waals surface area (Å²) >= 11 is 6.59. The minimum atomic E-state index is -0.324. The molecule has 16 heavy (non-hydrogen) atoms. The van der Waals surface area contributed by atoms with Crippen molar-refractivity contribution in [2.24, 2.45) is 0 Å². The first kappa shape index (κ1) is 11.8. The van der Waals surface area contributed by atoms with Gasteiger partial charge in [0.15, 0.2) is 0 Å². The van der Waals surface area contributed by atoms with Crippen LogP contribution in [0.25, 0.3) is 0 Å². The number of amides is 2. The third-order valence-corrected chi connectivity index (χ3v) is 4.11. The third-order valence-electron chi connectivity index (χ3n) is 2.27. The van der Waals surface area contributed by atoms with Crippen molar-refractivity contribution in [2.75, 3.05) is 13.8 Å². The second kappa shape index (κ2) is 4.27. The molecule has 6 heteroatoms. The van der Waals surface area contributed by atoms with E-state index in [1.807, 2.05) is 0 Å². The van der Waals surface area contributed by atoms with Crippen molar-refractivity contribution >= 4 is 43.7 Å². The summed E-state index contributed by atoms with van der Waals surface area (Å²) in [6.07, 6.45) is 0. The van der Waals surface area contributed by atoms with E-state index in [0.717, 1.165) is 13.8 Å². The lowest BCUT2D eigenvalue weighted by Crippen LogP contribution is -2.31. The Bertz CT molecular complexity index is 446. The summed E-state index contributed by atoms with van der Waals surface area (Å²) in [5, 5.41) is 0. The maximum atomic E-state index is 11.8. The Morgan fingerprint density at radius 3 is 1.94 bits per heavy atom. The third kappa shape index (κ3) is 1.70. The van der Waals surface area contributed by atoms with Crippen molar-refractivity contribution in [3.05, 3.63) is 32.2 Å². The molecule has 0 saturated heterocycles. The van der Waals surface area contributed by atoms with Crippen LogP contribution in [0.1, 0.15) is 20.7 Å². The zero-order valence-corrected chi connectivity index (χ0v) is 11.5. The summed E-state index contributed by atoms with van der Waals surface area (Å²) < 4.78 is 6.30. The van der Waals surface area contributed by atoms with E-state index in [-0.39, 0.29) is 18.5 Å². The average molecular weight is 349 g/mol. The molecule has 1 aliphatic rings. The Morgan fingerprint density at radius 2 is 1.56 bits per heavy atom. The second-order valence-corrected chi connectivity index (χ2v) is 4.98. The molecule has 0 atom stereocenters. The summed E-state index contributed by atoms with van der Waals surface area (Å²) in [5.41, 5.74) is 0.800. The van der Waals surface area contributed by atoms with Crippen LogP contribution < -0.4 is 0 Å². The first-order valence-corrected chi connectivity index (χ1v) is 5.99. The lowest BCUT2D eigenvalue weighted by atomic mass is 10.1. The predicted molar refractivity (Wildman–Crippen MR) is 64.2 cm³/mol. The van der Waals surface area contributed by atoms with Gasteiger partial charge in [0.1, 0.15) is 6.73 Å². The second-order valence-electron chi connectivity index (χ2n) is 3.27. The van der Waals surface area contributed by atoms with Crippen LogP contribution in [0.3, 0.4) is 0 Å². The molecule has 2 rings (SSSR count). The Kier molecular flexibility index (Phi) is 3.14. The zero-order chi connectivity index (χ0) is 11.9. The number of imide groups is 1. The van der Waals surface area contributed by atoms with Crippen LogP contribution in [0, 0.1) is 0 Å². The molecule has 1 heterocycles. The van der Waals surface area contributed by atoms with Gasteiger partial charge in [-0.15, -0.1) is 0 Å². The van der Waals surface area contributed by atoms with Gasteiger partial charge in [-0.1, -0.05) is 0 Å². The minimum Gasteiger partial charge on any atom is -0.364 e. The van der Waals surface area contributed by atoms with Gasteiger partial charge in [0.25, 0.3) is 11.8 Å². The van der Waals surface area contributed by atoms with Gasteiger partial charge in [0.2, 0.25) is 0 Å². The molecule has 4 nitrogen and oxygen atoms in total. The van der Waals surface area contributed by atoms with Crippen molar-refractivity contribution in [2.45, 2.75) is 0 Å². The van der Waals surface area contributed by atoms with Crippen LogP contribution in [-0.4, -0.2) is 30.6 Å². The van der Waals surface area contributed by atoms with Gasteiger partial charge in [-0.2, -0.15) is 0 Å². The number of methoxy groups -OCH3 is 1. The van der Waals surface area contributed by atoms with Crippen molar-refractivity contribution in [1.82, 2.24) is 4.90 Å². The summed E-state index contributed by atoms with van der Waals surface area (Å²) in [6, 6.07) is 3.27. The number of halogens is 2. The van der Waals surface area contributed by atoms with E-state index in [2.05, 4.69) is 31.9 Å². The first-order valence-electron chi connectivity index (χ1n) is 4.40. The zero-order valence-electron chi connectivity index (χ0n) is 8.29. The number of fused-ring (bicyclic) bond motifs is 1. The molecule has 0 bridgehead atoms.